The summed E-state index contributed by atoms with van der Waals surface area (Å²) >= 11 is 0. The standard InChI is InChI=1S/C19H20N2O.ClH/c1-21(2)13-19(22)16-12-18(14-8-4-3-5-9-14)20-17-11-7-6-10-15(16)17;/h3-12,19,22H,13H2,1-2H3;1H. The molecule has 1 heterocycles. The van der Waals surface area contributed by atoms with Crippen LogP contribution < -0.4 is 0 Å². The predicted molar refractivity (Wildman–Crippen MR) is 97.9 cm³/mol. The lowest BCUT2D eigenvalue weighted by Crippen LogP contribution is -2.20. The summed E-state index contributed by atoms with van der Waals surface area (Å²) < 4.78 is 0. The van der Waals surface area contributed by atoms with Gasteiger partial charge in [-0.15, -0.1) is 12.4 Å². The van der Waals surface area contributed by atoms with Crippen LogP contribution in [-0.4, -0.2) is 35.6 Å². The Balaban J connectivity index is 0.00000192. The molecule has 2 aromatic carbocycles. The second kappa shape index (κ2) is 7.55. The second-order valence-corrected chi connectivity index (χ2v) is 5.76. The highest BCUT2D eigenvalue weighted by Gasteiger charge is 2.15. The third kappa shape index (κ3) is 3.88. The van der Waals surface area contributed by atoms with Crippen molar-refractivity contribution in [2.45, 2.75) is 6.10 Å². The first kappa shape index (κ1) is 17.4. The number of para-hydroxylation sites is 1. The average molecular weight is 329 g/mol. The molecule has 1 unspecified atom stereocenters. The van der Waals surface area contributed by atoms with E-state index in [1.54, 1.807) is 0 Å². The van der Waals surface area contributed by atoms with Gasteiger partial charge in [0.1, 0.15) is 0 Å². The number of hydrogen-bond acceptors (Lipinski definition) is 3. The van der Waals surface area contributed by atoms with Gasteiger partial charge < -0.3 is 10.0 Å². The SMILES string of the molecule is CN(C)CC(O)c1cc(-c2ccccc2)nc2ccccc12.Cl. The molecule has 3 rings (SSSR count). The van der Waals surface area contributed by atoms with Gasteiger partial charge >= 0.3 is 0 Å². The molecule has 1 atom stereocenters. The summed E-state index contributed by atoms with van der Waals surface area (Å²) in [5.74, 6) is 0. The van der Waals surface area contributed by atoms with Crippen molar-refractivity contribution in [3.63, 3.8) is 0 Å². The molecule has 0 fully saturated rings. The van der Waals surface area contributed by atoms with Gasteiger partial charge in [-0.05, 0) is 31.8 Å². The number of halogens is 1. The number of aliphatic hydroxyl groups excluding tert-OH is 1. The number of pyridine rings is 1. The van der Waals surface area contributed by atoms with Crippen molar-refractivity contribution in [2.75, 3.05) is 20.6 Å². The third-order valence-corrected chi connectivity index (χ3v) is 3.71. The minimum atomic E-state index is -0.537. The monoisotopic (exact) mass is 328 g/mol. The molecule has 0 saturated heterocycles. The number of aliphatic hydroxyl groups is 1. The Morgan fingerprint density at radius 3 is 2.35 bits per heavy atom. The van der Waals surface area contributed by atoms with Gasteiger partial charge in [0.15, 0.2) is 0 Å². The summed E-state index contributed by atoms with van der Waals surface area (Å²) in [6, 6.07) is 20.1. The minimum absolute atomic E-state index is 0. The minimum Gasteiger partial charge on any atom is -0.387 e. The van der Waals surface area contributed by atoms with E-state index in [2.05, 4.69) is 0 Å². The molecule has 23 heavy (non-hydrogen) atoms. The molecule has 1 aromatic heterocycles. The molecule has 120 valence electrons. The van der Waals surface area contributed by atoms with E-state index in [9.17, 15) is 5.11 Å². The van der Waals surface area contributed by atoms with Gasteiger partial charge in [0, 0.05) is 17.5 Å². The molecule has 4 heteroatoms. The number of rotatable bonds is 4. The van der Waals surface area contributed by atoms with Crippen LogP contribution in [0.3, 0.4) is 0 Å². The van der Waals surface area contributed by atoms with Crippen molar-refractivity contribution >= 4 is 23.3 Å². The fraction of sp³-hybridized carbons (Fsp3) is 0.211. The van der Waals surface area contributed by atoms with Crippen LogP contribution in [0, 0.1) is 0 Å². The molecule has 1 N–H and O–H groups in total. The first-order valence-electron chi connectivity index (χ1n) is 7.43. The van der Waals surface area contributed by atoms with E-state index in [4.69, 9.17) is 4.98 Å². The highest BCUT2D eigenvalue weighted by molar-refractivity contribution is 5.86. The zero-order valence-corrected chi connectivity index (χ0v) is 14.1. The van der Waals surface area contributed by atoms with E-state index in [0.29, 0.717) is 6.54 Å². The maximum Gasteiger partial charge on any atom is 0.0923 e. The largest absolute Gasteiger partial charge is 0.387 e. The van der Waals surface area contributed by atoms with Crippen molar-refractivity contribution in [3.8, 4) is 11.3 Å². The van der Waals surface area contributed by atoms with E-state index >= 15 is 0 Å². The lowest BCUT2D eigenvalue weighted by atomic mass is 10.00. The Labute approximate surface area is 143 Å². The molecule has 0 saturated carbocycles. The number of likely N-dealkylation sites (N-methyl/N-ethyl adjacent to an activating group) is 1. The molecular formula is C19H21ClN2O. The van der Waals surface area contributed by atoms with Crippen molar-refractivity contribution < 1.29 is 5.11 Å². The van der Waals surface area contributed by atoms with Crippen LogP contribution in [0.5, 0.6) is 0 Å². The summed E-state index contributed by atoms with van der Waals surface area (Å²) in [7, 11) is 3.93. The first-order valence-corrected chi connectivity index (χ1v) is 7.43. The molecule has 3 aromatic rings. The molecule has 0 bridgehead atoms. The molecule has 3 nitrogen and oxygen atoms in total. The summed E-state index contributed by atoms with van der Waals surface area (Å²) in [6.07, 6.45) is -0.537. The fourth-order valence-corrected chi connectivity index (χ4v) is 2.68. The normalized spacial score (nSPS) is 12.2. The maximum atomic E-state index is 10.6. The highest BCUT2D eigenvalue weighted by Crippen LogP contribution is 2.28. The van der Waals surface area contributed by atoms with Crippen LogP contribution in [0.25, 0.3) is 22.2 Å². The summed E-state index contributed by atoms with van der Waals surface area (Å²) in [5.41, 5.74) is 3.80. The number of benzene rings is 2. The summed E-state index contributed by atoms with van der Waals surface area (Å²) in [5, 5.41) is 11.6. The number of hydrogen-bond donors (Lipinski definition) is 1. The van der Waals surface area contributed by atoms with Gasteiger partial charge in [0.25, 0.3) is 0 Å². The molecule has 0 spiro atoms. The van der Waals surface area contributed by atoms with Crippen LogP contribution in [0.15, 0.2) is 60.7 Å². The van der Waals surface area contributed by atoms with Crippen molar-refractivity contribution in [3.05, 3.63) is 66.2 Å². The van der Waals surface area contributed by atoms with E-state index < -0.39 is 6.10 Å². The topological polar surface area (TPSA) is 36.4 Å². The molecule has 0 aliphatic rings. The Bertz CT molecular complexity index is 775. The zero-order valence-electron chi connectivity index (χ0n) is 13.3. The fourth-order valence-electron chi connectivity index (χ4n) is 2.68. The second-order valence-electron chi connectivity index (χ2n) is 5.76. The smallest absolute Gasteiger partial charge is 0.0923 e. The Hall–Kier alpha value is -1.94. The van der Waals surface area contributed by atoms with E-state index in [0.717, 1.165) is 27.7 Å². The van der Waals surface area contributed by atoms with Crippen LogP contribution >= 0.6 is 12.4 Å². The lowest BCUT2D eigenvalue weighted by molar-refractivity contribution is 0.139. The average Bonchev–Trinajstić information content (AvgIpc) is 2.54. The van der Waals surface area contributed by atoms with Crippen LogP contribution in [0.1, 0.15) is 11.7 Å². The summed E-state index contributed by atoms with van der Waals surface area (Å²) in [6.45, 7) is 0.586. The predicted octanol–water partition coefficient (Wildman–Crippen LogP) is 3.92. The van der Waals surface area contributed by atoms with Gasteiger partial charge in [-0.1, -0.05) is 48.5 Å². The van der Waals surface area contributed by atoms with E-state index in [1.807, 2.05) is 79.7 Å². The molecule has 0 radical (unpaired) electrons. The van der Waals surface area contributed by atoms with E-state index in [1.165, 1.54) is 0 Å². The molecular weight excluding hydrogens is 308 g/mol. The highest BCUT2D eigenvalue weighted by atomic mass is 35.5. The lowest BCUT2D eigenvalue weighted by Gasteiger charge is -2.19. The number of fused-ring (bicyclic) bond motifs is 1. The Morgan fingerprint density at radius 2 is 1.65 bits per heavy atom. The Kier molecular flexibility index (Phi) is 5.72. The van der Waals surface area contributed by atoms with E-state index in [-0.39, 0.29) is 12.4 Å². The maximum absolute atomic E-state index is 10.6. The van der Waals surface area contributed by atoms with Gasteiger partial charge in [-0.2, -0.15) is 0 Å². The van der Waals surface area contributed by atoms with Gasteiger partial charge in [-0.25, -0.2) is 4.98 Å². The molecule has 0 aliphatic carbocycles. The van der Waals surface area contributed by atoms with Gasteiger partial charge in [0.05, 0.1) is 17.3 Å². The first-order chi connectivity index (χ1) is 10.6. The quantitative estimate of drug-likeness (QED) is 0.788. The third-order valence-electron chi connectivity index (χ3n) is 3.71. The molecule has 0 amide bonds. The molecule has 0 aliphatic heterocycles. The van der Waals surface area contributed by atoms with Crippen molar-refractivity contribution in [2.24, 2.45) is 0 Å². The van der Waals surface area contributed by atoms with Crippen LogP contribution in [0.2, 0.25) is 0 Å². The van der Waals surface area contributed by atoms with Crippen molar-refractivity contribution in [1.82, 2.24) is 9.88 Å². The number of nitrogens with zero attached hydrogens (tertiary/aromatic N) is 2. The van der Waals surface area contributed by atoms with Crippen LogP contribution in [0.4, 0.5) is 0 Å². The van der Waals surface area contributed by atoms with Crippen LogP contribution in [-0.2, 0) is 0 Å². The Morgan fingerprint density at radius 1 is 1.00 bits per heavy atom. The van der Waals surface area contributed by atoms with Gasteiger partial charge in [-0.3, -0.25) is 0 Å². The van der Waals surface area contributed by atoms with Gasteiger partial charge in [0.2, 0.25) is 0 Å². The number of aromatic nitrogens is 1. The van der Waals surface area contributed by atoms with Crippen molar-refractivity contribution in [1.29, 1.82) is 0 Å². The zero-order chi connectivity index (χ0) is 15.5. The summed E-state index contributed by atoms with van der Waals surface area (Å²) in [4.78, 5) is 6.73.